The number of hydrogen-bond donors (Lipinski definition) is 1. The van der Waals surface area contributed by atoms with Crippen LogP contribution in [0.1, 0.15) is 29.0 Å². The summed E-state index contributed by atoms with van der Waals surface area (Å²) in [5.74, 6) is 0.0245. The van der Waals surface area contributed by atoms with Gasteiger partial charge in [-0.1, -0.05) is 41.6 Å². The summed E-state index contributed by atoms with van der Waals surface area (Å²) in [6.07, 6.45) is 2.30. The van der Waals surface area contributed by atoms with Crippen molar-refractivity contribution in [1.82, 2.24) is 0 Å². The fourth-order valence-electron chi connectivity index (χ4n) is 3.06. The van der Waals surface area contributed by atoms with Crippen LogP contribution in [0.3, 0.4) is 0 Å². The lowest BCUT2D eigenvalue weighted by molar-refractivity contribution is -0.384. The maximum absolute atomic E-state index is 10.7. The van der Waals surface area contributed by atoms with Gasteiger partial charge >= 0.3 is 0 Å². The summed E-state index contributed by atoms with van der Waals surface area (Å²) in [5.41, 5.74) is 4.32. The molecule has 0 saturated heterocycles. The molecule has 5 nitrogen and oxygen atoms in total. The molecule has 0 aliphatic heterocycles. The predicted octanol–water partition coefficient (Wildman–Crippen LogP) is 3.70. The molecule has 0 heterocycles. The quantitative estimate of drug-likeness (QED) is 0.533. The highest BCUT2D eigenvalue weighted by molar-refractivity contribution is 5.92. The van der Waals surface area contributed by atoms with E-state index in [1.807, 2.05) is 12.1 Å². The first-order valence-electron chi connectivity index (χ1n) is 7.21. The smallest absolute Gasteiger partial charge is 0.269 e. The number of benzene rings is 2. The third kappa shape index (κ3) is 2.70. The van der Waals surface area contributed by atoms with E-state index in [0.29, 0.717) is 6.42 Å². The van der Waals surface area contributed by atoms with Crippen molar-refractivity contribution in [3.63, 3.8) is 0 Å². The lowest BCUT2D eigenvalue weighted by atomic mass is 9.78. The summed E-state index contributed by atoms with van der Waals surface area (Å²) in [6.45, 7) is 0. The number of nitro benzene ring substituents is 1. The summed E-state index contributed by atoms with van der Waals surface area (Å²) in [5, 5.41) is 23.5. The molecular weight excluding hydrogens is 280 g/mol. The molecule has 0 bridgehead atoms. The van der Waals surface area contributed by atoms with Crippen LogP contribution in [0.5, 0.6) is 0 Å². The number of fused-ring (bicyclic) bond motifs is 1. The van der Waals surface area contributed by atoms with Gasteiger partial charge in [0.2, 0.25) is 0 Å². The van der Waals surface area contributed by atoms with E-state index >= 15 is 0 Å². The summed E-state index contributed by atoms with van der Waals surface area (Å²) >= 11 is 0. The second-order valence-corrected chi connectivity index (χ2v) is 5.47. The van der Waals surface area contributed by atoms with Gasteiger partial charge in [0.05, 0.1) is 10.6 Å². The van der Waals surface area contributed by atoms with Gasteiger partial charge in [0.1, 0.15) is 0 Å². The molecule has 1 atom stereocenters. The molecule has 3 rings (SSSR count). The van der Waals surface area contributed by atoms with Crippen LogP contribution < -0.4 is 0 Å². The van der Waals surface area contributed by atoms with E-state index in [2.05, 4.69) is 17.3 Å². The number of rotatable bonds is 3. The number of non-ortho nitro benzene ring substituents is 1. The van der Waals surface area contributed by atoms with E-state index in [1.54, 1.807) is 12.1 Å². The topological polar surface area (TPSA) is 75.7 Å². The third-order valence-corrected chi connectivity index (χ3v) is 4.20. The molecule has 2 aromatic rings. The van der Waals surface area contributed by atoms with Crippen molar-refractivity contribution in [3.05, 3.63) is 75.3 Å². The Labute approximate surface area is 128 Å². The summed E-state index contributed by atoms with van der Waals surface area (Å²) < 4.78 is 0. The van der Waals surface area contributed by atoms with Crippen LogP contribution in [-0.4, -0.2) is 15.8 Å². The predicted molar refractivity (Wildman–Crippen MR) is 83.5 cm³/mol. The van der Waals surface area contributed by atoms with Crippen LogP contribution in [-0.2, 0) is 12.8 Å². The summed E-state index contributed by atoms with van der Waals surface area (Å²) in [6, 6.07) is 14.7. The molecule has 0 aromatic heterocycles. The van der Waals surface area contributed by atoms with Crippen molar-refractivity contribution < 1.29 is 10.1 Å². The average Bonchev–Trinajstić information content (AvgIpc) is 2.55. The van der Waals surface area contributed by atoms with Crippen molar-refractivity contribution in [1.29, 1.82) is 0 Å². The first-order valence-corrected chi connectivity index (χ1v) is 7.21. The first kappa shape index (κ1) is 14.3. The Bertz CT molecular complexity index is 723. The number of aryl methyl sites for hydroxylation is 1. The Morgan fingerprint density at radius 3 is 2.55 bits per heavy atom. The van der Waals surface area contributed by atoms with E-state index < -0.39 is 4.92 Å². The van der Waals surface area contributed by atoms with Gasteiger partial charge < -0.3 is 5.21 Å². The average molecular weight is 296 g/mol. The number of nitrogens with zero attached hydrogens (tertiary/aromatic N) is 2. The molecule has 0 spiro atoms. The molecule has 1 aliphatic rings. The van der Waals surface area contributed by atoms with Crippen molar-refractivity contribution in [3.8, 4) is 0 Å². The van der Waals surface area contributed by atoms with Crippen LogP contribution in [0.15, 0.2) is 53.7 Å². The molecule has 22 heavy (non-hydrogen) atoms. The van der Waals surface area contributed by atoms with Crippen LogP contribution in [0.25, 0.3) is 0 Å². The second kappa shape index (κ2) is 5.97. The second-order valence-electron chi connectivity index (χ2n) is 5.47. The third-order valence-electron chi connectivity index (χ3n) is 4.20. The fourth-order valence-corrected chi connectivity index (χ4v) is 3.06. The molecule has 0 fully saturated rings. The van der Waals surface area contributed by atoms with Gasteiger partial charge in [0.25, 0.3) is 5.69 Å². The Balaban J connectivity index is 1.90. The molecule has 0 radical (unpaired) electrons. The van der Waals surface area contributed by atoms with Crippen LogP contribution in [0, 0.1) is 10.1 Å². The lowest BCUT2D eigenvalue weighted by Gasteiger charge is -2.26. The molecule has 0 amide bonds. The summed E-state index contributed by atoms with van der Waals surface area (Å²) in [4.78, 5) is 10.3. The van der Waals surface area contributed by atoms with E-state index in [-0.39, 0.29) is 11.6 Å². The standard InChI is InChI=1S/C17H16N2O3/c20-18-17-10-7-13-3-1-2-4-15(13)16(17)11-12-5-8-14(9-6-12)19(21)22/h1-6,8-9,16,20H,7,10-11H2/b18-17+. The Morgan fingerprint density at radius 1 is 1.14 bits per heavy atom. The first-order chi connectivity index (χ1) is 10.7. The Kier molecular flexibility index (Phi) is 3.87. The van der Waals surface area contributed by atoms with E-state index in [9.17, 15) is 15.3 Å². The highest BCUT2D eigenvalue weighted by Gasteiger charge is 2.26. The van der Waals surface area contributed by atoms with Crippen molar-refractivity contribution in [2.24, 2.45) is 5.16 Å². The number of nitro groups is 1. The van der Waals surface area contributed by atoms with Crippen LogP contribution in [0.2, 0.25) is 0 Å². The van der Waals surface area contributed by atoms with Gasteiger partial charge in [-0.05, 0) is 36.0 Å². The van der Waals surface area contributed by atoms with Gasteiger partial charge in [-0.3, -0.25) is 10.1 Å². The SMILES string of the molecule is O=[N+]([O-])c1ccc(CC2/C(=N/O)CCc3ccccc32)cc1. The minimum atomic E-state index is -0.402. The minimum Gasteiger partial charge on any atom is -0.411 e. The van der Waals surface area contributed by atoms with E-state index in [1.165, 1.54) is 23.3 Å². The zero-order valence-corrected chi connectivity index (χ0v) is 12.0. The monoisotopic (exact) mass is 296 g/mol. The van der Waals surface area contributed by atoms with E-state index in [4.69, 9.17) is 0 Å². The zero-order chi connectivity index (χ0) is 15.5. The number of hydrogen-bond acceptors (Lipinski definition) is 4. The maximum Gasteiger partial charge on any atom is 0.269 e. The van der Waals surface area contributed by atoms with Crippen LogP contribution >= 0.6 is 0 Å². The molecular formula is C17H16N2O3. The maximum atomic E-state index is 10.7. The Morgan fingerprint density at radius 2 is 1.86 bits per heavy atom. The van der Waals surface area contributed by atoms with Gasteiger partial charge in [-0.15, -0.1) is 0 Å². The fraction of sp³-hybridized carbons (Fsp3) is 0.235. The molecule has 2 aromatic carbocycles. The molecule has 112 valence electrons. The Hall–Kier alpha value is -2.69. The van der Waals surface area contributed by atoms with Crippen molar-refractivity contribution in [2.45, 2.75) is 25.2 Å². The van der Waals surface area contributed by atoms with Gasteiger partial charge in [-0.25, -0.2) is 0 Å². The molecule has 1 unspecified atom stereocenters. The zero-order valence-electron chi connectivity index (χ0n) is 12.0. The van der Waals surface area contributed by atoms with Gasteiger partial charge in [-0.2, -0.15) is 0 Å². The van der Waals surface area contributed by atoms with Crippen molar-refractivity contribution >= 4 is 11.4 Å². The van der Waals surface area contributed by atoms with Crippen LogP contribution in [0.4, 0.5) is 5.69 Å². The largest absolute Gasteiger partial charge is 0.411 e. The molecule has 5 heteroatoms. The van der Waals surface area contributed by atoms with Gasteiger partial charge in [0, 0.05) is 18.1 Å². The lowest BCUT2D eigenvalue weighted by Crippen LogP contribution is -2.22. The van der Waals surface area contributed by atoms with E-state index in [0.717, 1.165) is 24.1 Å². The molecule has 1 aliphatic carbocycles. The highest BCUT2D eigenvalue weighted by Crippen LogP contribution is 2.32. The van der Waals surface area contributed by atoms with Crippen molar-refractivity contribution in [2.75, 3.05) is 0 Å². The minimum absolute atomic E-state index is 0.0245. The summed E-state index contributed by atoms with van der Waals surface area (Å²) in [7, 11) is 0. The molecule has 0 saturated carbocycles. The van der Waals surface area contributed by atoms with Gasteiger partial charge in [0.15, 0.2) is 0 Å². The number of oxime groups is 1. The molecule has 1 N–H and O–H groups in total. The highest BCUT2D eigenvalue weighted by atomic mass is 16.6. The normalized spacial score (nSPS) is 18.9.